The molecule has 2 heterocycles. The molecule has 6 nitrogen and oxygen atoms in total. The molecule has 2 aromatic heterocycles. The Hall–Kier alpha value is -2.19. The molecule has 22 heavy (non-hydrogen) atoms. The average molecular weight is 332 g/mol. The number of hydrogen-bond acceptors (Lipinski definition) is 6. The molecule has 0 atom stereocenters. The van der Waals surface area contributed by atoms with Crippen molar-refractivity contribution in [1.29, 1.82) is 0 Å². The van der Waals surface area contributed by atoms with E-state index in [1.54, 1.807) is 11.6 Å². The van der Waals surface area contributed by atoms with Crippen LogP contribution in [-0.2, 0) is 4.79 Å². The number of aromatic nitrogens is 3. The first-order valence-electron chi connectivity index (χ1n) is 6.45. The Balaban J connectivity index is 1.77. The van der Waals surface area contributed by atoms with Gasteiger partial charge in [0.1, 0.15) is 0 Å². The van der Waals surface area contributed by atoms with E-state index in [9.17, 15) is 9.59 Å². The maximum absolute atomic E-state index is 11.9. The Kier molecular flexibility index (Phi) is 4.21. The fourth-order valence-electron chi connectivity index (χ4n) is 1.98. The van der Waals surface area contributed by atoms with E-state index < -0.39 is 0 Å². The maximum Gasteiger partial charge on any atom is 0.236 e. The van der Waals surface area contributed by atoms with Gasteiger partial charge >= 0.3 is 0 Å². The molecule has 0 saturated heterocycles. The van der Waals surface area contributed by atoms with Gasteiger partial charge in [0.25, 0.3) is 0 Å². The summed E-state index contributed by atoms with van der Waals surface area (Å²) in [6.07, 6.45) is 1.63. The molecule has 0 fully saturated rings. The number of carbonyl (C=O) groups excluding carboxylic acids is 2. The van der Waals surface area contributed by atoms with Gasteiger partial charge in [-0.1, -0.05) is 23.9 Å². The summed E-state index contributed by atoms with van der Waals surface area (Å²) < 4.78 is 1.52. The fraction of sp³-hybridized carbons (Fsp3) is 0.143. The number of carbonyl (C=O) groups is 2. The van der Waals surface area contributed by atoms with Crippen LogP contribution in [0.15, 0.2) is 41.0 Å². The van der Waals surface area contributed by atoms with Crippen LogP contribution in [0, 0.1) is 0 Å². The molecule has 0 bridgehead atoms. The lowest BCUT2D eigenvalue weighted by atomic mass is 10.3. The minimum atomic E-state index is -0.179. The van der Waals surface area contributed by atoms with Crippen LogP contribution in [-0.4, -0.2) is 32.1 Å². The van der Waals surface area contributed by atoms with Gasteiger partial charge in [0.2, 0.25) is 11.8 Å². The fourth-order valence-corrected chi connectivity index (χ4v) is 3.37. The SMILES string of the molecule is CC(=O)n1c(SCC(=O)Nc2nccs2)nc2ccccc21. The molecule has 1 N–H and O–H groups in total. The van der Waals surface area contributed by atoms with Crippen LogP contribution >= 0.6 is 23.1 Å². The Morgan fingerprint density at radius 3 is 2.91 bits per heavy atom. The van der Waals surface area contributed by atoms with Gasteiger partial charge in [-0.05, 0) is 12.1 Å². The summed E-state index contributed by atoms with van der Waals surface area (Å²) in [5, 5.41) is 5.57. The number of anilines is 1. The van der Waals surface area contributed by atoms with Crippen LogP contribution in [0.2, 0.25) is 0 Å². The number of nitrogens with one attached hydrogen (secondary N) is 1. The Labute approximate surface area is 134 Å². The molecule has 0 saturated carbocycles. The molecule has 3 rings (SSSR count). The predicted octanol–water partition coefficient (Wildman–Crippen LogP) is 2.88. The van der Waals surface area contributed by atoms with Crippen molar-refractivity contribution < 1.29 is 9.59 Å². The van der Waals surface area contributed by atoms with E-state index in [4.69, 9.17) is 0 Å². The predicted molar refractivity (Wildman–Crippen MR) is 87.5 cm³/mol. The van der Waals surface area contributed by atoms with Crippen molar-refractivity contribution in [1.82, 2.24) is 14.5 Å². The lowest BCUT2D eigenvalue weighted by Crippen LogP contribution is -2.15. The topological polar surface area (TPSA) is 76.9 Å². The van der Waals surface area contributed by atoms with Gasteiger partial charge in [-0.3, -0.25) is 14.2 Å². The van der Waals surface area contributed by atoms with E-state index in [0.717, 1.165) is 11.0 Å². The third kappa shape index (κ3) is 3.02. The van der Waals surface area contributed by atoms with Crippen LogP contribution in [0.25, 0.3) is 11.0 Å². The molecule has 1 amide bonds. The van der Waals surface area contributed by atoms with Crippen molar-refractivity contribution in [2.24, 2.45) is 0 Å². The van der Waals surface area contributed by atoms with E-state index >= 15 is 0 Å². The molecule has 0 aliphatic rings. The van der Waals surface area contributed by atoms with Crippen molar-refractivity contribution in [2.75, 3.05) is 11.1 Å². The highest BCUT2D eigenvalue weighted by molar-refractivity contribution is 7.99. The zero-order valence-electron chi connectivity index (χ0n) is 11.6. The summed E-state index contributed by atoms with van der Waals surface area (Å²) in [6.45, 7) is 1.48. The molecule has 0 aliphatic heterocycles. The van der Waals surface area contributed by atoms with Crippen molar-refractivity contribution in [3.05, 3.63) is 35.8 Å². The number of rotatable bonds is 4. The van der Waals surface area contributed by atoms with Crippen molar-refractivity contribution in [3.8, 4) is 0 Å². The second-order valence-electron chi connectivity index (χ2n) is 4.41. The van der Waals surface area contributed by atoms with E-state index in [1.165, 1.54) is 34.6 Å². The van der Waals surface area contributed by atoms with Crippen LogP contribution in [0.4, 0.5) is 5.13 Å². The van der Waals surface area contributed by atoms with Gasteiger partial charge in [0.15, 0.2) is 10.3 Å². The average Bonchev–Trinajstić information content (AvgIpc) is 3.11. The smallest absolute Gasteiger partial charge is 0.236 e. The second kappa shape index (κ2) is 6.29. The number of amides is 1. The normalized spacial score (nSPS) is 10.8. The number of imidazole rings is 1. The van der Waals surface area contributed by atoms with Gasteiger partial charge in [0, 0.05) is 18.5 Å². The third-order valence-corrected chi connectivity index (χ3v) is 4.48. The minimum absolute atomic E-state index is 0.128. The number of thioether (sulfide) groups is 1. The quantitative estimate of drug-likeness (QED) is 0.743. The van der Waals surface area contributed by atoms with Gasteiger partial charge in [-0.2, -0.15) is 0 Å². The number of thiazole rings is 1. The Bertz CT molecular complexity index is 827. The molecule has 0 radical (unpaired) electrons. The molecular weight excluding hydrogens is 320 g/mol. The Morgan fingerprint density at radius 2 is 2.18 bits per heavy atom. The zero-order valence-corrected chi connectivity index (χ0v) is 13.3. The highest BCUT2D eigenvalue weighted by Crippen LogP contribution is 2.24. The zero-order chi connectivity index (χ0) is 15.5. The second-order valence-corrected chi connectivity index (χ2v) is 6.25. The summed E-state index contributed by atoms with van der Waals surface area (Å²) in [7, 11) is 0. The number of nitrogens with zero attached hydrogens (tertiary/aromatic N) is 3. The standard InChI is InChI=1S/C14H12N4O2S2/c1-9(19)18-11-5-3-2-4-10(11)16-14(18)22-8-12(20)17-13-15-6-7-21-13/h2-7H,8H2,1H3,(H,15,17,20). The minimum Gasteiger partial charge on any atom is -0.301 e. The molecule has 0 unspecified atom stereocenters. The molecule has 3 aromatic rings. The summed E-state index contributed by atoms with van der Waals surface area (Å²) in [5.41, 5.74) is 1.48. The van der Waals surface area contributed by atoms with Crippen LogP contribution in [0.3, 0.4) is 0 Å². The Morgan fingerprint density at radius 1 is 1.36 bits per heavy atom. The van der Waals surface area contributed by atoms with Gasteiger partial charge in [0.05, 0.1) is 16.8 Å². The van der Waals surface area contributed by atoms with Crippen molar-refractivity contribution in [2.45, 2.75) is 12.1 Å². The number of para-hydroxylation sites is 2. The maximum atomic E-state index is 11.9. The van der Waals surface area contributed by atoms with E-state index in [2.05, 4.69) is 15.3 Å². The first-order valence-corrected chi connectivity index (χ1v) is 8.32. The van der Waals surface area contributed by atoms with E-state index in [0.29, 0.717) is 10.3 Å². The largest absolute Gasteiger partial charge is 0.301 e. The molecule has 112 valence electrons. The molecule has 0 aliphatic carbocycles. The lowest BCUT2D eigenvalue weighted by Gasteiger charge is -2.04. The molecule has 8 heteroatoms. The van der Waals surface area contributed by atoms with E-state index in [-0.39, 0.29) is 17.6 Å². The van der Waals surface area contributed by atoms with Crippen LogP contribution in [0.5, 0.6) is 0 Å². The number of benzene rings is 1. The molecule has 0 spiro atoms. The highest BCUT2D eigenvalue weighted by atomic mass is 32.2. The summed E-state index contributed by atoms with van der Waals surface area (Å²) in [6, 6.07) is 7.40. The highest BCUT2D eigenvalue weighted by Gasteiger charge is 2.15. The molecule has 1 aromatic carbocycles. The molecular formula is C14H12N4O2S2. The number of fused-ring (bicyclic) bond motifs is 1. The first-order chi connectivity index (χ1) is 10.6. The van der Waals surface area contributed by atoms with E-state index in [1.807, 2.05) is 24.3 Å². The monoisotopic (exact) mass is 332 g/mol. The van der Waals surface area contributed by atoms with Crippen LogP contribution < -0.4 is 5.32 Å². The summed E-state index contributed by atoms with van der Waals surface area (Å²) >= 11 is 2.58. The number of hydrogen-bond donors (Lipinski definition) is 1. The summed E-state index contributed by atoms with van der Waals surface area (Å²) in [5.74, 6) is -0.144. The van der Waals surface area contributed by atoms with Gasteiger partial charge in [-0.15, -0.1) is 11.3 Å². The van der Waals surface area contributed by atoms with Crippen molar-refractivity contribution in [3.63, 3.8) is 0 Å². The first kappa shape index (κ1) is 14.7. The van der Waals surface area contributed by atoms with Crippen LogP contribution in [0.1, 0.15) is 11.7 Å². The van der Waals surface area contributed by atoms with Gasteiger partial charge < -0.3 is 5.32 Å². The van der Waals surface area contributed by atoms with Crippen molar-refractivity contribution >= 4 is 51.1 Å². The van der Waals surface area contributed by atoms with Gasteiger partial charge in [-0.25, -0.2) is 9.97 Å². The summed E-state index contributed by atoms with van der Waals surface area (Å²) in [4.78, 5) is 32.1. The lowest BCUT2D eigenvalue weighted by molar-refractivity contribution is -0.113. The third-order valence-electron chi connectivity index (χ3n) is 2.86.